The molecule has 3 heteroatoms. The first-order chi connectivity index (χ1) is 8.40. The van der Waals surface area contributed by atoms with Crippen LogP contribution in [0.3, 0.4) is 0 Å². The summed E-state index contributed by atoms with van der Waals surface area (Å²) >= 11 is 0. The minimum Gasteiger partial charge on any atom is -0.303 e. The first-order valence-corrected chi connectivity index (χ1v) is 6.79. The summed E-state index contributed by atoms with van der Waals surface area (Å²) in [5, 5.41) is 0. The molecule has 0 saturated carbocycles. The normalized spacial score (nSPS) is 12.3. The van der Waals surface area contributed by atoms with Crippen molar-refractivity contribution in [1.82, 2.24) is 14.4 Å². The molecule has 2 rings (SSSR count). The van der Waals surface area contributed by atoms with Crippen molar-refractivity contribution in [3.05, 3.63) is 29.5 Å². The summed E-state index contributed by atoms with van der Waals surface area (Å²) in [6, 6.07) is 0. The fourth-order valence-corrected chi connectivity index (χ4v) is 2.00. The number of fused-ring (bicyclic) bond motifs is 1. The summed E-state index contributed by atoms with van der Waals surface area (Å²) in [6.45, 7) is 13.1. The van der Waals surface area contributed by atoms with Crippen LogP contribution in [0.5, 0.6) is 0 Å². The largest absolute Gasteiger partial charge is 0.303 e. The van der Waals surface area contributed by atoms with E-state index in [-0.39, 0.29) is 0 Å². The van der Waals surface area contributed by atoms with Crippen molar-refractivity contribution in [2.45, 2.75) is 59.3 Å². The Kier molecular flexibility index (Phi) is 3.42. The Hall–Kier alpha value is -1.38. The van der Waals surface area contributed by atoms with E-state index in [2.05, 4.69) is 58.3 Å². The van der Waals surface area contributed by atoms with E-state index in [0.29, 0.717) is 17.8 Å². The van der Waals surface area contributed by atoms with E-state index in [9.17, 15) is 0 Å². The fraction of sp³-hybridized carbons (Fsp3) is 0.600. The van der Waals surface area contributed by atoms with Crippen LogP contribution in [0.4, 0.5) is 0 Å². The summed E-state index contributed by atoms with van der Waals surface area (Å²) in [7, 11) is 0. The average Bonchev–Trinajstić information content (AvgIpc) is 2.70. The van der Waals surface area contributed by atoms with Gasteiger partial charge in [-0.15, -0.1) is 0 Å². The topological polar surface area (TPSA) is 30.2 Å². The second-order valence-electron chi connectivity index (χ2n) is 5.91. The summed E-state index contributed by atoms with van der Waals surface area (Å²) in [5.74, 6) is 1.29. The van der Waals surface area contributed by atoms with Gasteiger partial charge in [0.05, 0.1) is 17.1 Å². The lowest BCUT2D eigenvalue weighted by Gasteiger charge is -2.11. The molecule has 0 saturated heterocycles. The van der Waals surface area contributed by atoms with Crippen molar-refractivity contribution in [1.29, 1.82) is 0 Å². The van der Waals surface area contributed by atoms with E-state index >= 15 is 0 Å². The fourth-order valence-electron chi connectivity index (χ4n) is 2.00. The van der Waals surface area contributed by atoms with Crippen LogP contribution in [-0.2, 0) is 0 Å². The van der Waals surface area contributed by atoms with E-state index in [1.807, 2.05) is 0 Å². The van der Waals surface area contributed by atoms with E-state index in [1.165, 1.54) is 0 Å². The van der Waals surface area contributed by atoms with Gasteiger partial charge in [-0.2, -0.15) is 0 Å². The molecular formula is C15H23N3. The molecule has 0 aromatic carbocycles. The van der Waals surface area contributed by atoms with Gasteiger partial charge in [0.25, 0.3) is 0 Å². The smallest absolute Gasteiger partial charge is 0.159 e. The molecule has 0 spiro atoms. The quantitative estimate of drug-likeness (QED) is 0.815. The van der Waals surface area contributed by atoms with Gasteiger partial charge < -0.3 is 4.40 Å². The van der Waals surface area contributed by atoms with Crippen LogP contribution >= 0.6 is 0 Å². The van der Waals surface area contributed by atoms with E-state index in [4.69, 9.17) is 9.97 Å². The minimum atomic E-state index is 0.397. The Morgan fingerprint density at radius 3 is 1.72 bits per heavy atom. The predicted octanol–water partition coefficient (Wildman–Crippen LogP) is 4.10. The molecule has 0 radical (unpaired) electrons. The molecule has 0 bridgehead atoms. The maximum Gasteiger partial charge on any atom is 0.159 e. The molecule has 98 valence electrons. The number of imidazole rings is 1. The summed E-state index contributed by atoms with van der Waals surface area (Å²) in [4.78, 5) is 9.52. The Bertz CT molecular complexity index is 550. The molecular weight excluding hydrogens is 222 g/mol. The van der Waals surface area contributed by atoms with Crippen LogP contribution in [0, 0.1) is 0 Å². The maximum absolute atomic E-state index is 4.79. The molecule has 0 fully saturated rings. The highest BCUT2D eigenvalue weighted by Crippen LogP contribution is 2.23. The Labute approximate surface area is 109 Å². The molecule has 3 nitrogen and oxygen atoms in total. The highest BCUT2D eigenvalue weighted by atomic mass is 15.0. The molecule has 0 aliphatic heterocycles. The van der Waals surface area contributed by atoms with Gasteiger partial charge in [-0.3, -0.25) is 4.98 Å². The summed E-state index contributed by atoms with van der Waals surface area (Å²) in [5.41, 5.74) is 4.39. The van der Waals surface area contributed by atoms with Gasteiger partial charge in [0.15, 0.2) is 5.65 Å². The van der Waals surface area contributed by atoms with Gasteiger partial charge in [0.1, 0.15) is 0 Å². The second-order valence-corrected chi connectivity index (χ2v) is 5.91. The first-order valence-electron chi connectivity index (χ1n) is 6.79. The van der Waals surface area contributed by atoms with E-state index in [0.717, 1.165) is 22.7 Å². The van der Waals surface area contributed by atoms with Crippen LogP contribution in [-0.4, -0.2) is 14.4 Å². The average molecular weight is 245 g/mol. The van der Waals surface area contributed by atoms with Crippen molar-refractivity contribution in [2.75, 3.05) is 0 Å². The molecule has 2 aromatic heterocycles. The highest BCUT2D eigenvalue weighted by Gasteiger charge is 2.15. The lowest BCUT2D eigenvalue weighted by Crippen LogP contribution is -2.04. The summed E-state index contributed by atoms with van der Waals surface area (Å²) in [6.07, 6.45) is 4.25. The molecule has 0 atom stereocenters. The van der Waals surface area contributed by atoms with Crippen LogP contribution in [0.2, 0.25) is 0 Å². The molecule has 0 amide bonds. The van der Waals surface area contributed by atoms with Gasteiger partial charge in [-0.25, -0.2) is 4.98 Å². The predicted molar refractivity (Wildman–Crippen MR) is 75.3 cm³/mol. The number of hydrogen-bond acceptors (Lipinski definition) is 2. The monoisotopic (exact) mass is 245 g/mol. The number of rotatable bonds is 3. The summed E-state index contributed by atoms with van der Waals surface area (Å²) < 4.78 is 2.15. The standard InChI is InChI=1S/C15H23N3/c1-9(2)12-7-18-8-13(10(3)4)17-15(18)14(16-12)11(5)6/h7-11H,1-6H3. The van der Waals surface area contributed by atoms with Gasteiger partial charge in [-0.05, 0) is 17.8 Å². The van der Waals surface area contributed by atoms with Gasteiger partial charge >= 0.3 is 0 Å². The first kappa shape index (κ1) is 13.1. The number of aromatic nitrogens is 3. The second kappa shape index (κ2) is 4.71. The Balaban J connectivity index is 2.69. The molecule has 18 heavy (non-hydrogen) atoms. The van der Waals surface area contributed by atoms with E-state index in [1.54, 1.807) is 0 Å². The van der Waals surface area contributed by atoms with Crippen LogP contribution in [0.15, 0.2) is 12.4 Å². The van der Waals surface area contributed by atoms with Crippen LogP contribution in [0.1, 0.15) is 76.4 Å². The van der Waals surface area contributed by atoms with Crippen molar-refractivity contribution in [2.24, 2.45) is 0 Å². The maximum atomic E-state index is 4.79. The van der Waals surface area contributed by atoms with Gasteiger partial charge in [0.2, 0.25) is 0 Å². The Morgan fingerprint density at radius 1 is 0.778 bits per heavy atom. The molecule has 0 aliphatic rings. The Morgan fingerprint density at radius 2 is 1.28 bits per heavy atom. The number of nitrogens with zero attached hydrogens (tertiary/aromatic N) is 3. The molecule has 0 unspecified atom stereocenters. The van der Waals surface area contributed by atoms with Crippen molar-refractivity contribution < 1.29 is 0 Å². The zero-order chi connectivity index (χ0) is 13.4. The zero-order valence-corrected chi connectivity index (χ0v) is 12.2. The third kappa shape index (κ3) is 2.26. The minimum absolute atomic E-state index is 0.397. The van der Waals surface area contributed by atoms with Crippen molar-refractivity contribution in [3.63, 3.8) is 0 Å². The third-order valence-electron chi connectivity index (χ3n) is 3.23. The highest BCUT2D eigenvalue weighted by molar-refractivity contribution is 5.48. The SMILES string of the molecule is CC(C)c1cn2cc(C(C)C)nc2c(C(C)C)n1. The molecule has 2 aromatic rings. The lowest BCUT2D eigenvalue weighted by molar-refractivity contribution is 0.752. The molecule has 2 heterocycles. The lowest BCUT2D eigenvalue weighted by atomic mass is 10.1. The van der Waals surface area contributed by atoms with Crippen LogP contribution < -0.4 is 0 Å². The molecule has 0 N–H and O–H groups in total. The van der Waals surface area contributed by atoms with E-state index < -0.39 is 0 Å². The third-order valence-corrected chi connectivity index (χ3v) is 3.23. The van der Waals surface area contributed by atoms with Gasteiger partial charge in [0, 0.05) is 12.4 Å². The van der Waals surface area contributed by atoms with Crippen LogP contribution in [0.25, 0.3) is 5.65 Å². The van der Waals surface area contributed by atoms with Crippen molar-refractivity contribution in [3.8, 4) is 0 Å². The van der Waals surface area contributed by atoms with Gasteiger partial charge in [-0.1, -0.05) is 41.5 Å². The van der Waals surface area contributed by atoms with Crippen molar-refractivity contribution >= 4 is 5.65 Å². The molecule has 0 aliphatic carbocycles. The number of hydrogen-bond donors (Lipinski definition) is 0. The zero-order valence-electron chi connectivity index (χ0n) is 12.2.